The number of benzene rings is 5. The average Bonchev–Trinajstić information content (AvgIpc) is 3.02. The molecule has 0 fully saturated rings. The fourth-order valence-electron chi connectivity index (χ4n) is 4.69. The number of hydrogen-bond acceptors (Lipinski definition) is 3. The van der Waals surface area contributed by atoms with Gasteiger partial charge in [0.1, 0.15) is 0 Å². The highest BCUT2D eigenvalue weighted by Gasteiger charge is 2.08. The Bertz CT molecular complexity index is 1700. The molecule has 5 heteroatoms. The van der Waals surface area contributed by atoms with Crippen molar-refractivity contribution in [1.82, 2.24) is 0 Å². The van der Waals surface area contributed by atoms with Crippen molar-refractivity contribution in [1.29, 1.82) is 5.41 Å². The first-order valence-electron chi connectivity index (χ1n) is 13.5. The summed E-state index contributed by atoms with van der Waals surface area (Å²) in [6.07, 6.45) is 2.08. The molecule has 0 amide bonds. The Morgan fingerprint density at radius 2 is 1.17 bits per heavy atom. The van der Waals surface area contributed by atoms with Crippen molar-refractivity contribution in [3.05, 3.63) is 126 Å². The Morgan fingerprint density at radius 3 is 1.63 bits per heavy atom. The van der Waals surface area contributed by atoms with E-state index in [9.17, 15) is 0 Å². The van der Waals surface area contributed by atoms with Crippen molar-refractivity contribution >= 4 is 65.2 Å². The fraction of sp³-hybridized carbons (Fsp3) is 0.111. The molecule has 5 aromatic rings. The van der Waals surface area contributed by atoms with Crippen LogP contribution in [0.5, 0.6) is 0 Å². The van der Waals surface area contributed by atoms with E-state index in [1.54, 1.807) is 20.7 Å². The molecule has 41 heavy (non-hydrogen) atoms. The van der Waals surface area contributed by atoms with Crippen LogP contribution in [0.2, 0.25) is 0 Å². The molecule has 0 aliphatic heterocycles. The topological polar surface area (TPSA) is 36.2 Å². The predicted molar refractivity (Wildman–Crippen MR) is 192 cm³/mol. The quantitative estimate of drug-likeness (QED) is 0.0954. The summed E-state index contributed by atoms with van der Waals surface area (Å²) < 4.78 is 0. The van der Waals surface area contributed by atoms with Gasteiger partial charge in [-0.05, 0) is 86.6 Å². The summed E-state index contributed by atoms with van der Waals surface area (Å²) in [6, 6.07) is 39.7. The highest BCUT2D eigenvalue weighted by molar-refractivity contribution is 14.2. The minimum Gasteiger partial charge on any atom is -0.282 e. The van der Waals surface area contributed by atoms with Gasteiger partial charge in [-0.3, -0.25) is 5.41 Å². The number of rotatable bonds is 9. The van der Waals surface area contributed by atoms with Crippen molar-refractivity contribution in [2.75, 3.05) is 0 Å². The van der Waals surface area contributed by atoms with Crippen LogP contribution in [0, 0.1) is 11.3 Å². The van der Waals surface area contributed by atoms with E-state index in [0.29, 0.717) is 5.92 Å². The summed E-state index contributed by atoms with van der Waals surface area (Å²) in [5, 5.41) is 10.5. The van der Waals surface area contributed by atoms with Crippen molar-refractivity contribution < 1.29 is 0 Å². The molecule has 5 rings (SSSR count). The third-order valence-electron chi connectivity index (χ3n) is 6.89. The Kier molecular flexibility index (Phi) is 9.80. The zero-order valence-corrected chi connectivity index (χ0v) is 26.9. The lowest BCUT2D eigenvalue weighted by Crippen LogP contribution is -1.97. The first kappa shape index (κ1) is 29.4. The standard InChI is InChI=1S/C36H31IN2S2/c1-24(2)20-35(36(38)39-3)40-23-25-4-6-28(7-5-25)30-12-14-33-22-31(13-15-32(33)21-30)29-10-8-26(9-11-29)27-16-18-34(41-37)19-17-27/h4-22,24,38H,3,23H2,1-2H3/b35-20+,38-36?. The molecule has 0 radical (unpaired) electrons. The van der Waals surface area contributed by atoms with E-state index in [2.05, 4.69) is 162 Å². The van der Waals surface area contributed by atoms with Gasteiger partial charge in [-0.2, -0.15) is 0 Å². The Balaban J connectivity index is 1.29. The molecule has 0 bridgehead atoms. The van der Waals surface area contributed by atoms with Crippen LogP contribution < -0.4 is 0 Å². The first-order valence-corrected chi connectivity index (χ1v) is 17.8. The van der Waals surface area contributed by atoms with Crippen molar-refractivity contribution in [3.8, 4) is 33.4 Å². The molecule has 0 spiro atoms. The van der Waals surface area contributed by atoms with Crippen LogP contribution in [0.15, 0.2) is 130 Å². The zero-order chi connectivity index (χ0) is 28.8. The first-order chi connectivity index (χ1) is 19.9. The smallest absolute Gasteiger partial charge is 0.157 e. The van der Waals surface area contributed by atoms with Gasteiger partial charge in [-0.1, -0.05) is 114 Å². The van der Waals surface area contributed by atoms with Gasteiger partial charge in [-0.25, -0.2) is 4.99 Å². The molecule has 2 nitrogen and oxygen atoms in total. The average molecular weight is 683 g/mol. The van der Waals surface area contributed by atoms with Crippen LogP contribution in [-0.4, -0.2) is 12.6 Å². The summed E-state index contributed by atoms with van der Waals surface area (Å²) in [5.41, 5.74) is 8.54. The van der Waals surface area contributed by atoms with Crippen LogP contribution in [0.3, 0.4) is 0 Å². The van der Waals surface area contributed by atoms with E-state index < -0.39 is 0 Å². The summed E-state index contributed by atoms with van der Waals surface area (Å²) in [4.78, 5) is 5.97. The van der Waals surface area contributed by atoms with Gasteiger partial charge in [0.2, 0.25) is 0 Å². The summed E-state index contributed by atoms with van der Waals surface area (Å²) >= 11 is 3.96. The molecule has 0 aromatic heterocycles. The Labute approximate surface area is 263 Å². The number of halogens is 1. The van der Waals surface area contributed by atoms with E-state index in [0.717, 1.165) is 10.7 Å². The number of fused-ring (bicyclic) bond motifs is 1. The second-order valence-corrected chi connectivity index (χ2v) is 13.2. The molecule has 0 unspecified atom stereocenters. The number of allylic oxidation sites excluding steroid dienone is 1. The lowest BCUT2D eigenvalue weighted by atomic mass is 9.96. The number of thioether (sulfide) groups is 1. The van der Waals surface area contributed by atoms with Crippen LogP contribution in [0.1, 0.15) is 19.4 Å². The molecule has 0 aliphatic carbocycles. The van der Waals surface area contributed by atoms with E-state index in [-0.39, 0.29) is 5.84 Å². The van der Waals surface area contributed by atoms with Gasteiger partial charge in [-0.15, -0.1) is 11.8 Å². The number of hydrogen-bond donors (Lipinski definition) is 1. The monoisotopic (exact) mass is 682 g/mol. The normalized spacial score (nSPS) is 11.7. The zero-order valence-electron chi connectivity index (χ0n) is 23.1. The van der Waals surface area contributed by atoms with E-state index in [1.165, 1.54) is 54.6 Å². The predicted octanol–water partition coefficient (Wildman–Crippen LogP) is 11.7. The number of nitrogens with zero attached hydrogens (tertiary/aromatic N) is 1. The third kappa shape index (κ3) is 7.39. The van der Waals surface area contributed by atoms with Gasteiger partial charge in [0, 0.05) is 36.8 Å². The molecular weight excluding hydrogens is 651 g/mol. The van der Waals surface area contributed by atoms with Crippen molar-refractivity contribution in [3.63, 3.8) is 0 Å². The van der Waals surface area contributed by atoms with Crippen LogP contribution >= 0.6 is 41.9 Å². The molecule has 0 heterocycles. The minimum atomic E-state index is 0.244. The SMILES string of the molecule is C=NC(=N)/C(=C\C(C)C)SCc1ccc(-c2ccc3cc(-c4ccc(-c5ccc(SI)cc5)cc4)ccc3c2)cc1. The molecular formula is C36H31IN2S2. The largest absolute Gasteiger partial charge is 0.282 e. The molecule has 0 atom stereocenters. The molecule has 1 N–H and O–H groups in total. The van der Waals surface area contributed by atoms with E-state index >= 15 is 0 Å². The lowest BCUT2D eigenvalue weighted by molar-refractivity contribution is 0.831. The Hall–Kier alpha value is -3.13. The minimum absolute atomic E-state index is 0.244. The second-order valence-electron chi connectivity index (χ2n) is 10.2. The van der Waals surface area contributed by atoms with Crippen LogP contribution in [0.4, 0.5) is 0 Å². The van der Waals surface area contributed by atoms with E-state index in [4.69, 9.17) is 5.41 Å². The molecule has 5 aromatic carbocycles. The maximum Gasteiger partial charge on any atom is 0.157 e. The van der Waals surface area contributed by atoms with Crippen LogP contribution in [0.25, 0.3) is 44.2 Å². The van der Waals surface area contributed by atoms with Gasteiger partial charge >= 0.3 is 0 Å². The summed E-state index contributed by atoms with van der Waals surface area (Å²) in [5.74, 6) is 1.40. The fourth-order valence-corrected chi connectivity index (χ4v) is 6.89. The van der Waals surface area contributed by atoms with Crippen molar-refractivity contribution in [2.24, 2.45) is 10.9 Å². The molecule has 0 saturated carbocycles. The van der Waals surface area contributed by atoms with Gasteiger partial charge in [0.25, 0.3) is 0 Å². The summed E-state index contributed by atoms with van der Waals surface area (Å²) in [6.45, 7) is 7.74. The van der Waals surface area contributed by atoms with E-state index in [1.807, 2.05) is 0 Å². The highest BCUT2D eigenvalue weighted by Crippen LogP contribution is 2.32. The van der Waals surface area contributed by atoms with Crippen LogP contribution in [-0.2, 0) is 5.75 Å². The maximum absolute atomic E-state index is 8.06. The maximum atomic E-state index is 8.06. The third-order valence-corrected chi connectivity index (χ3v) is 9.99. The highest BCUT2D eigenvalue weighted by atomic mass is 127. The molecule has 0 saturated heterocycles. The van der Waals surface area contributed by atoms with Crippen molar-refractivity contribution in [2.45, 2.75) is 24.5 Å². The molecule has 204 valence electrons. The number of aliphatic imine (C=N–C) groups is 1. The van der Waals surface area contributed by atoms with Gasteiger partial charge < -0.3 is 0 Å². The summed E-state index contributed by atoms with van der Waals surface area (Å²) in [7, 11) is 1.74. The second kappa shape index (κ2) is 13.7. The van der Waals surface area contributed by atoms with Gasteiger partial charge in [0.05, 0.1) is 0 Å². The Morgan fingerprint density at radius 1 is 0.732 bits per heavy atom. The lowest BCUT2D eigenvalue weighted by Gasteiger charge is -2.10. The number of amidine groups is 1. The molecule has 0 aliphatic rings. The number of nitrogens with one attached hydrogen (secondary N) is 1. The van der Waals surface area contributed by atoms with Gasteiger partial charge in [0.15, 0.2) is 5.84 Å².